The molecule has 29 heavy (non-hydrogen) atoms. The van der Waals surface area contributed by atoms with Crippen molar-refractivity contribution in [3.8, 4) is 11.3 Å². The number of nitrogens with one attached hydrogen (secondary N) is 1. The number of nitrogens with zero attached hydrogens (tertiary/aromatic N) is 4. The molecule has 7 nitrogen and oxygen atoms in total. The summed E-state index contributed by atoms with van der Waals surface area (Å²) in [6.07, 6.45) is 4.33. The van der Waals surface area contributed by atoms with E-state index in [2.05, 4.69) is 51.7 Å². The highest BCUT2D eigenvalue weighted by atomic mass is 16.5. The highest BCUT2D eigenvalue weighted by molar-refractivity contribution is 6.07. The van der Waals surface area contributed by atoms with E-state index < -0.39 is 0 Å². The van der Waals surface area contributed by atoms with Gasteiger partial charge in [0.25, 0.3) is 11.6 Å². The molecule has 0 saturated heterocycles. The van der Waals surface area contributed by atoms with E-state index in [1.165, 1.54) is 5.56 Å². The Kier molecular flexibility index (Phi) is 4.88. The minimum atomic E-state index is -0.179. The first-order chi connectivity index (χ1) is 14.0. The van der Waals surface area contributed by atoms with Gasteiger partial charge in [0.05, 0.1) is 34.6 Å². The van der Waals surface area contributed by atoms with Gasteiger partial charge in [-0.1, -0.05) is 41.9 Å². The first-order valence-corrected chi connectivity index (χ1v) is 9.59. The molecule has 0 bridgehead atoms. The maximum atomic E-state index is 13.3. The Morgan fingerprint density at radius 1 is 1.24 bits per heavy atom. The summed E-state index contributed by atoms with van der Waals surface area (Å²) in [5.41, 5.74) is 5.17. The molecule has 0 saturated carbocycles. The number of aromatic nitrogens is 4. The van der Waals surface area contributed by atoms with Crippen molar-refractivity contribution in [1.29, 1.82) is 0 Å². The quantitative estimate of drug-likeness (QED) is 0.555. The van der Waals surface area contributed by atoms with E-state index in [-0.39, 0.29) is 11.9 Å². The number of aryl methyl sites for hydroxylation is 3. The highest BCUT2D eigenvalue weighted by Gasteiger charge is 2.22. The molecule has 0 unspecified atom stereocenters. The third kappa shape index (κ3) is 3.63. The van der Waals surface area contributed by atoms with E-state index in [4.69, 9.17) is 4.52 Å². The minimum absolute atomic E-state index is 0.0895. The van der Waals surface area contributed by atoms with Crippen molar-refractivity contribution in [1.82, 2.24) is 25.2 Å². The van der Waals surface area contributed by atoms with E-state index in [9.17, 15) is 4.79 Å². The van der Waals surface area contributed by atoms with Crippen LogP contribution in [0.4, 0.5) is 0 Å². The van der Waals surface area contributed by atoms with Crippen LogP contribution in [-0.4, -0.2) is 25.8 Å². The van der Waals surface area contributed by atoms with Gasteiger partial charge in [0.15, 0.2) is 0 Å². The van der Waals surface area contributed by atoms with Crippen LogP contribution in [0.5, 0.6) is 0 Å². The van der Waals surface area contributed by atoms with Crippen LogP contribution in [0.3, 0.4) is 0 Å². The van der Waals surface area contributed by atoms with E-state index in [1.807, 2.05) is 27.1 Å². The number of hydrogen-bond acceptors (Lipinski definition) is 5. The number of hydrogen-bond donors (Lipinski definition) is 1. The smallest absolute Gasteiger partial charge is 0.259 e. The first kappa shape index (κ1) is 18.9. The van der Waals surface area contributed by atoms with Gasteiger partial charge in [0.1, 0.15) is 0 Å². The summed E-state index contributed by atoms with van der Waals surface area (Å²) in [5, 5.41) is 12.0. The number of pyridine rings is 1. The summed E-state index contributed by atoms with van der Waals surface area (Å²) >= 11 is 0. The van der Waals surface area contributed by atoms with Crippen LogP contribution in [0.25, 0.3) is 22.4 Å². The number of fused-ring (bicyclic) bond motifs is 1. The Bertz CT molecular complexity index is 1170. The summed E-state index contributed by atoms with van der Waals surface area (Å²) in [7, 11) is 1.83. The number of benzene rings is 1. The van der Waals surface area contributed by atoms with Gasteiger partial charge in [-0.25, -0.2) is 4.98 Å². The number of rotatable bonds is 5. The topological polar surface area (TPSA) is 85.8 Å². The molecule has 4 aromatic rings. The van der Waals surface area contributed by atoms with Gasteiger partial charge in [-0.05, 0) is 31.9 Å². The number of amides is 1. The largest absolute Gasteiger partial charge is 0.345 e. The van der Waals surface area contributed by atoms with E-state index in [0.717, 1.165) is 17.5 Å². The van der Waals surface area contributed by atoms with Crippen molar-refractivity contribution in [3.05, 3.63) is 65.1 Å². The van der Waals surface area contributed by atoms with Crippen LogP contribution < -0.4 is 5.32 Å². The number of carbonyl (C=O) groups excluding carboxylic acids is 1. The third-order valence-electron chi connectivity index (χ3n) is 5.06. The van der Waals surface area contributed by atoms with Crippen molar-refractivity contribution in [2.45, 2.75) is 33.2 Å². The fourth-order valence-electron chi connectivity index (χ4n) is 3.43. The molecule has 3 heterocycles. The average molecular weight is 389 g/mol. The molecule has 0 aliphatic rings. The molecule has 0 aliphatic heterocycles. The van der Waals surface area contributed by atoms with E-state index >= 15 is 0 Å². The summed E-state index contributed by atoms with van der Waals surface area (Å²) in [5.74, 6) is -0.179. The third-order valence-corrected chi connectivity index (χ3v) is 5.06. The van der Waals surface area contributed by atoms with Gasteiger partial charge < -0.3 is 9.84 Å². The molecule has 1 aromatic carbocycles. The molecular weight excluding hydrogens is 366 g/mol. The number of carbonyl (C=O) groups is 1. The van der Waals surface area contributed by atoms with Crippen LogP contribution >= 0.6 is 0 Å². The molecule has 7 heteroatoms. The van der Waals surface area contributed by atoms with Crippen LogP contribution in [0, 0.1) is 13.8 Å². The Balaban J connectivity index is 1.74. The maximum Gasteiger partial charge on any atom is 0.259 e. The Labute approximate surface area is 168 Å². The summed E-state index contributed by atoms with van der Waals surface area (Å²) in [6.45, 7) is 5.91. The maximum absolute atomic E-state index is 13.3. The first-order valence-electron chi connectivity index (χ1n) is 9.59. The molecular formula is C22H23N5O2. The normalized spacial score (nSPS) is 12.3. The second-order valence-corrected chi connectivity index (χ2v) is 7.25. The second-order valence-electron chi connectivity index (χ2n) is 7.25. The monoisotopic (exact) mass is 389 g/mol. The van der Waals surface area contributed by atoms with Gasteiger partial charge in [0, 0.05) is 18.8 Å². The molecule has 1 atom stereocenters. The molecule has 0 fully saturated rings. The van der Waals surface area contributed by atoms with E-state index in [0.29, 0.717) is 28.1 Å². The fraction of sp³-hybridized carbons (Fsp3) is 0.273. The zero-order chi connectivity index (χ0) is 20.5. The molecule has 1 amide bonds. The highest BCUT2D eigenvalue weighted by Crippen LogP contribution is 2.28. The van der Waals surface area contributed by atoms with E-state index in [1.54, 1.807) is 16.9 Å². The summed E-state index contributed by atoms with van der Waals surface area (Å²) < 4.78 is 7.06. The van der Waals surface area contributed by atoms with Gasteiger partial charge in [-0.3, -0.25) is 9.48 Å². The zero-order valence-corrected chi connectivity index (χ0v) is 16.9. The molecule has 0 aliphatic carbocycles. The van der Waals surface area contributed by atoms with Crippen LogP contribution in [0.1, 0.15) is 46.6 Å². The predicted octanol–water partition coefficient (Wildman–Crippen LogP) is 4.12. The zero-order valence-electron chi connectivity index (χ0n) is 16.9. The van der Waals surface area contributed by atoms with Crippen molar-refractivity contribution >= 4 is 17.0 Å². The fourth-order valence-corrected chi connectivity index (χ4v) is 3.43. The summed E-state index contributed by atoms with van der Waals surface area (Å²) in [4.78, 5) is 17.8. The SMILES string of the molecule is CC[C@@H](NC(=O)c1cc(-c2cnn(C)c2)nc2onc(C)c12)c1ccc(C)cc1. The standard InChI is InChI=1S/C22H23N5O2/c1-5-18(15-8-6-13(2)7-9-15)24-21(28)17-10-19(16-11-23-27(4)12-16)25-22-20(17)14(3)26-29-22/h6-12,18H,5H2,1-4H3,(H,24,28)/t18-/m1/s1. The Morgan fingerprint density at radius 3 is 2.66 bits per heavy atom. The molecule has 0 spiro atoms. The Morgan fingerprint density at radius 2 is 2.00 bits per heavy atom. The van der Waals surface area contributed by atoms with Crippen molar-refractivity contribution in [2.24, 2.45) is 7.05 Å². The second kappa shape index (κ2) is 7.50. The molecule has 0 radical (unpaired) electrons. The Hall–Kier alpha value is -3.48. The van der Waals surface area contributed by atoms with Gasteiger partial charge >= 0.3 is 0 Å². The lowest BCUT2D eigenvalue weighted by molar-refractivity contribution is 0.0937. The van der Waals surface area contributed by atoms with Crippen molar-refractivity contribution in [3.63, 3.8) is 0 Å². The average Bonchev–Trinajstić information content (AvgIpc) is 3.32. The van der Waals surface area contributed by atoms with Crippen molar-refractivity contribution in [2.75, 3.05) is 0 Å². The lowest BCUT2D eigenvalue weighted by Crippen LogP contribution is -2.28. The van der Waals surface area contributed by atoms with Gasteiger partial charge in [0.2, 0.25) is 0 Å². The summed E-state index contributed by atoms with van der Waals surface area (Å²) in [6, 6.07) is 9.91. The van der Waals surface area contributed by atoms with Crippen LogP contribution in [0.2, 0.25) is 0 Å². The lowest BCUT2D eigenvalue weighted by atomic mass is 10.0. The molecule has 3 aromatic heterocycles. The lowest BCUT2D eigenvalue weighted by Gasteiger charge is -2.18. The predicted molar refractivity (Wildman–Crippen MR) is 110 cm³/mol. The van der Waals surface area contributed by atoms with Gasteiger partial charge in [-0.2, -0.15) is 5.10 Å². The molecule has 148 valence electrons. The molecule has 4 rings (SSSR count). The molecule has 1 N–H and O–H groups in total. The van der Waals surface area contributed by atoms with Crippen molar-refractivity contribution < 1.29 is 9.32 Å². The van der Waals surface area contributed by atoms with Crippen LogP contribution in [0.15, 0.2) is 47.2 Å². The minimum Gasteiger partial charge on any atom is -0.345 e. The van der Waals surface area contributed by atoms with Crippen LogP contribution in [-0.2, 0) is 7.05 Å². The van der Waals surface area contributed by atoms with Gasteiger partial charge in [-0.15, -0.1) is 0 Å².